The number of anilines is 1. The van der Waals surface area contributed by atoms with E-state index in [2.05, 4.69) is 9.97 Å². The normalized spacial score (nSPS) is 11.3. The molecular formula is C25H28F3N3O3. The summed E-state index contributed by atoms with van der Waals surface area (Å²) in [5, 5.41) is 7.00. The number of nitrogens with zero attached hydrogens (tertiary/aromatic N) is 3. The minimum atomic E-state index is -4.36. The topological polar surface area (TPSA) is 75.5 Å². The molecule has 0 atom stereocenters. The summed E-state index contributed by atoms with van der Waals surface area (Å²) in [5.41, 5.74) is 0.213. The first-order chi connectivity index (χ1) is 16.2. The van der Waals surface area contributed by atoms with Crippen LogP contribution in [0.15, 0.2) is 67.1 Å². The van der Waals surface area contributed by atoms with E-state index in [9.17, 15) is 18.0 Å². The van der Waals surface area contributed by atoms with Gasteiger partial charge in [-0.3, -0.25) is 9.78 Å². The van der Waals surface area contributed by atoms with Crippen LogP contribution in [0, 0.1) is 0 Å². The number of hydrogen-bond donors (Lipinski definition) is 1. The number of hydrogen-bond acceptors (Lipinski definition) is 6. The summed E-state index contributed by atoms with van der Waals surface area (Å²) in [6, 6.07) is 12.6. The lowest BCUT2D eigenvalue weighted by Gasteiger charge is -2.24. The molecule has 0 amide bonds. The summed E-state index contributed by atoms with van der Waals surface area (Å²) in [6.45, 7) is 4.35. The van der Waals surface area contributed by atoms with Crippen LogP contribution in [-0.2, 0) is 23.9 Å². The van der Waals surface area contributed by atoms with Gasteiger partial charge in [0.1, 0.15) is 11.6 Å². The van der Waals surface area contributed by atoms with Crippen LogP contribution in [0.4, 0.5) is 19.0 Å². The zero-order valence-electron chi connectivity index (χ0n) is 19.3. The van der Waals surface area contributed by atoms with Crippen LogP contribution < -0.4 is 9.64 Å². The summed E-state index contributed by atoms with van der Waals surface area (Å²) < 4.78 is 44.2. The molecule has 1 N–H and O–H groups in total. The van der Waals surface area contributed by atoms with Crippen LogP contribution in [0.1, 0.15) is 30.5 Å². The second-order valence-electron chi connectivity index (χ2n) is 7.90. The van der Waals surface area contributed by atoms with Crippen molar-refractivity contribution in [3.05, 3.63) is 83.8 Å². The van der Waals surface area contributed by atoms with E-state index in [0.717, 1.165) is 36.7 Å². The van der Waals surface area contributed by atoms with Gasteiger partial charge < -0.3 is 14.7 Å². The molecule has 6 nitrogen and oxygen atoms in total. The molecule has 0 saturated heterocycles. The van der Waals surface area contributed by atoms with Crippen molar-refractivity contribution in [1.29, 1.82) is 0 Å². The second kappa shape index (κ2) is 12.1. The van der Waals surface area contributed by atoms with Crippen LogP contribution >= 0.6 is 0 Å². The number of alkyl halides is 3. The van der Waals surface area contributed by atoms with Gasteiger partial charge in [-0.1, -0.05) is 24.3 Å². The molecule has 3 aromatic rings. The lowest BCUT2D eigenvalue weighted by molar-refractivity contribution is -0.137. The second-order valence-corrected chi connectivity index (χ2v) is 7.90. The molecule has 0 unspecified atom stereocenters. The molecule has 1 heterocycles. The predicted molar refractivity (Wildman–Crippen MR) is 124 cm³/mol. The van der Waals surface area contributed by atoms with Gasteiger partial charge in [-0.05, 0) is 55.7 Å². The predicted octanol–water partition coefficient (Wildman–Crippen LogP) is 4.71. The van der Waals surface area contributed by atoms with E-state index < -0.39 is 17.3 Å². The Balaban J connectivity index is 0.00000199. The Morgan fingerprint density at radius 1 is 0.971 bits per heavy atom. The molecule has 9 heteroatoms. The highest BCUT2D eigenvalue weighted by Crippen LogP contribution is 2.29. The molecule has 34 heavy (non-hydrogen) atoms. The highest BCUT2D eigenvalue weighted by Gasteiger charge is 2.30. The van der Waals surface area contributed by atoms with Crippen LogP contribution in [0.3, 0.4) is 0 Å². The van der Waals surface area contributed by atoms with Gasteiger partial charge in [-0.15, -0.1) is 0 Å². The van der Waals surface area contributed by atoms with Gasteiger partial charge in [0.15, 0.2) is 11.9 Å². The van der Waals surface area contributed by atoms with Crippen LogP contribution in [0.5, 0.6) is 5.75 Å². The Hall–Kier alpha value is -3.46. The zero-order chi connectivity index (χ0) is 25.2. The first-order valence-corrected chi connectivity index (χ1v) is 10.5. The SMILES string of the molecule is CC(C)(C=O)Oc1ccc(CCN(Cc2ccc(C(F)(F)F)cc2)c2cnccn2)cc1.CO. The Bertz CT molecular complexity index is 1010. The van der Waals surface area contributed by atoms with E-state index in [1.165, 1.54) is 12.1 Å². The number of rotatable bonds is 9. The summed E-state index contributed by atoms with van der Waals surface area (Å²) in [5.74, 6) is 1.24. The number of carbonyl (C=O) groups is 1. The summed E-state index contributed by atoms with van der Waals surface area (Å²) in [6.07, 6.45) is 1.84. The fourth-order valence-electron chi connectivity index (χ4n) is 3.06. The van der Waals surface area contributed by atoms with Crippen LogP contribution in [0.25, 0.3) is 0 Å². The number of halogens is 3. The molecule has 0 saturated carbocycles. The van der Waals surface area contributed by atoms with Crippen molar-refractivity contribution in [1.82, 2.24) is 9.97 Å². The van der Waals surface area contributed by atoms with Crippen molar-refractivity contribution in [2.75, 3.05) is 18.6 Å². The smallest absolute Gasteiger partial charge is 0.416 e. The number of aldehydes is 1. The number of ether oxygens (including phenoxy) is 1. The van der Waals surface area contributed by atoms with Crippen LogP contribution in [-0.4, -0.2) is 40.6 Å². The number of aromatic nitrogens is 2. The van der Waals surface area contributed by atoms with Crippen LogP contribution in [0.2, 0.25) is 0 Å². The van der Waals surface area contributed by atoms with Gasteiger partial charge in [0.25, 0.3) is 0 Å². The third-order valence-electron chi connectivity index (χ3n) is 4.79. The molecule has 2 aromatic carbocycles. The Morgan fingerprint density at radius 3 is 2.12 bits per heavy atom. The number of aliphatic hydroxyl groups excluding tert-OH is 1. The van der Waals surface area contributed by atoms with E-state index in [-0.39, 0.29) is 0 Å². The summed E-state index contributed by atoms with van der Waals surface area (Å²) in [4.78, 5) is 21.4. The maximum atomic E-state index is 12.8. The van der Waals surface area contributed by atoms with Gasteiger partial charge >= 0.3 is 6.18 Å². The van der Waals surface area contributed by atoms with Crippen molar-refractivity contribution < 1.29 is 27.8 Å². The summed E-state index contributed by atoms with van der Waals surface area (Å²) >= 11 is 0. The van der Waals surface area contributed by atoms with E-state index >= 15 is 0 Å². The molecule has 0 aliphatic heterocycles. The first kappa shape index (κ1) is 26.8. The molecule has 0 fully saturated rings. The lowest BCUT2D eigenvalue weighted by Crippen LogP contribution is -2.29. The fourth-order valence-corrected chi connectivity index (χ4v) is 3.06. The third kappa shape index (κ3) is 8.15. The first-order valence-electron chi connectivity index (χ1n) is 10.5. The zero-order valence-corrected chi connectivity index (χ0v) is 19.3. The van der Waals surface area contributed by atoms with E-state index in [1.54, 1.807) is 32.4 Å². The van der Waals surface area contributed by atoms with Gasteiger partial charge in [0, 0.05) is 32.6 Å². The average molecular weight is 476 g/mol. The molecule has 0 aliphatic carbocycles. The van der Waals surface area contributed by atoms with E-state index in [1.807, 2.05) is 29.2 Å². The minimum Gasteiger partial charge on any atom is -0.480 e. The maximum absolute atomic E-state index is 12.8. The van der Waals surface area contributed by atoms with Gasteiger partial charge in [0.2, 0.25) is 0 Å². The molecule has 0 radical (unpaired) electrons. The Labute approximate surface area is 197 Å². The fraction of sp³-hybridized carbons (Fsp3) is 0.320. The van der Waals surface area contributed by atoms with Crippen molar-refractivity contribution in [3.63, 3.8) is 0 Å². The van der Waals surface area contributed by atoms with Gasteiger partial charge in [-0.2, -0.15) is 13.2 Å². The van der Waals surface area contributed by atoms with Crippen molar-refractivity contribution in [2.45, 2.75) is 38.6 Å². The third-order valence-corrected chi connectivity index (χ3v) is 4.79. The van der Waals surface area contributed by atoms with E-state index in [4.69, 9.17) is 9.84 Å². The van der Waals surface area contributed by atoms with Crippen molar-refractivity contribution in [2.24, 2.45) is 0 Å². The molecule has 1 aromatic heterocycles. The van der Waals surface area contributed by atoms with Crippen molar-refractivity contribution in [3.8, 4) is 5.75 Å². The highest BCUT2D eigenvalue weighted by molar-refractivity contribution is 5.61. The average Bonchev–Trinajstić information content (AvgIpc) is 2.84. The number of benzene rings is 2. The maximum Gasteiger partial charge on any atom is 0.416 e. The minimum absolute atomic E-state index is 0.394. The molecule has 0 aliphatic rings. The summed E-state index contributed by atoms with van der Waals surface area (Å²) in [7, 11) is 1.00. The highest BCUT2D eigenvalue weighted by atomic mass is 19.4. The molecule has 182 valence electrons. The number of aliphatic hydroxyl groups is 1. The van der Waals surface area contributed by atoms with Gasteiger partial charge in [-0.25, -0.2) is 4.98 Å². The monoisotopic (exact) mass is 475 g/mol. The van der Waals surface area contributed by atoms with Crippen molar-refractivity contribution >= 4 is 12.1 Å². The number of carbonyl (C=O) groups excluding carboxylic acids is 1. The Morgan fingerprint density at radius 2 is 1.59 bits per heavy atom. The molecule has 0 bridgehead atoms. The van der Waals surface area contributed by atoms with E-state index in [0.29, 0.717) is 31.1 Å². The molecular weight excluding hydrogens is 447 g/mol. The van der Waals surface area contributed by atoms with Gasteiger partial charge in [0.05, 0.1) is 11.8 Å². The molecule has 0 spiro atoms. The Kier molecular flexibility index (Phi) is 9.56. The lowest BCUT2D eigenvalue weighted by atomic mass is 10.1. The largest absolute Gasteiger partial charge is 0.480 e. The molecule has 3 rings (SSSR count). The standard InChI is InChI=1S/C24H24F3N3O2.CH4O/c1-23(2,17-31)32-21-9-5-18(6-10-21)11-14-30(22-15-28-12-13-29-22)16-19-3-7-20(8-4-19)24(25,26)27;1-2/h3-10,12-13,15,17H,11,14,16H2,1-2H3;2H,1H3. The quantitative estimate of drug-likeness (QED) is 0.452.